The number of hydrogen-bond acceptors (Lipinski definition) is 3. The third kappa shape index (κ3) is 6.07. The van der Waals surface area contributed by atoms with E-state index in [0.29, 0.717) is 0 Å². The normalized spacial score (nSPS) is 13.5. The summed E-state index contributed by atoms with van der Waals surface area (Å²) in [5.74, 6) is 0.973. The molecule has 0 spiro atoms. The van der Waals surface area contributed by atoms with E-state index in [1.54, 1.807) is 12.4 Å². The summed E-state index contributed by atoms with van der Waals surface area (Å²) in [6, 6.07) is 13.7. The van der Waals surface area contributed by atoms with Crippen LogP contribution in [0.1, 0.15) is 5.69 Å². The Hall–Kier alpha value is -1.49. The molecule has 2 aromatic rings. The molecule has 128 valence electrons. The van der Waals surface area contributed by atoms with Gasteiger partial charge in [0.15, 0.2) is 0 Å². The van der Waals surface area contributed by atoms with Gasteiger partial charge in [0.05, 0.1) is 23.3 Å². The van der Waals surface area contributed by atoms with Crippen LogP contribution in [0.15, 0.2) is 58.6 Å². The number of rotatable bonds is 3. The standard InChI is InChI=1S/C17H19N5.2ClH.Zn/c1-21-11-12-22(2)17(21)20-16-9-4-3-8-15(16)19-13-14-7-5-6-10-18-14;;;/h3-10,13H,11-12H2,1-2H3;2*1H;/q;;;+2/p-2. The topological polar surface area (TPSA) is 44.1 Å². The first-order valence-electron chi connectivity index (χ1n) is 7.82. The van der Waals surface area contributed by atoms with E-state index in [2.05, 4.69) is 33.9 Å². The van der Waals surface area contributed by atoms with E-state index >= 15 is 0 Å². The molecular weight excluding hydrogens is 411 g/mol. The van der Waals surface area contributed by atoms with Crippen molar-refractivity contribution in [2.75, 3.05) is 27.2 Å². The van der Waals surface area contributed by atoms with E-state index in [1.165, 1.54) is 0 Å². The van der Waals surface area contributed by atoms with Crippen molar-refractivity contribution in [3.63, 3.8) is 0 Å². The molecule has 1 aromatic carbocycles. The van der Waals surface area contributed by atoms with Gasteiger partial charge in [-0.25, -0.2) is 4.99 Å². The SMILES string of the molecule is CN1CCN(C)C1=Nc1ccccc1N=Cc1ccccn1.[Cl][Zn][Cl]. The number of pyridine rings is 1. The fourth-order valence-corrected chi connectivity index (χ4v) is 2.33. The molecule has 0 N–H and O–H groups in total. The molecule has 1 aliphatic rings. The van der Waals surface area contributed by atoms with Crippen LogP contribution in [0, 0.1) is 0 Å². The summed E-state index contributed by atoms with van der Waals surface area (Å²) in [7, 11) is 14.0. The number of hydrogen-bond donors (Lipinski definition) is 0. The van der Waals surface area contributed by atoms with E-state index in [1.807, 2.05) is 42.5 Å². The molecule has 0 unspecified atom stereocenters. The molecule has 0 radical (unpaired) electrons. The van der Waals surface area contributed by atoms with Crippen LogP contribution < -0.4 is 0 Å². The first-order valence-corrected chi connectivity index (χ1v) is 15.6. The predicted octanol–water partition coefficient (Wildman–Crippen LogP) is 4.07. The van der Waals surface area contributed by atoms with E-state index in [-0.39, 0.29) is 0 Å². The second-order valence-electron chi connectivity index (χ2n) is 5.36. The summed E-state index contributed by atoms with van der Waals surface area (Å²) >= 11 is -0.931. The average Bonchev–Trinajstić information content (AvgIpc) is 2.94. The number of guanidine groups is 1. The first-order chi connectivity index (χ1) is 12.2. The molecule has 0 amide bonds. The second-order valence-corrected chi connectivity index (χ2v) is 9.98. The van der Waals surface area contributed by atoms with E-state index in [4.69, 9.17) is 24.4 Å². The molecule has 1 saturated heterocycles. The number of para-hydroxylation sites is 2. The Bertz CT molecular complexity index is 712. The molecular formula is C17H19Cl2N5Zn. The van der Waals surface area contributed by atoms with Gasteiger partial charge in [0.25, 0.3) is 0 Å². The Kier molecular flexibility index (Phi) is 8.32. The summed E-state index contributed by atoms with van der Waals surface area (Å²) in [4.78, 5) is 17.9. The zero-order chi connectivity index (χ0) is 18.1. The molecule has 8 heteroatoms. The van der Waals surface area contributed by atoms with Gasteiger partial charge in [-0.15, -0.1) is 0 Å². The van der Waals surface area contributed by atoms with Crippen molar-refractivity contribution in [1.29, 1.82) is 0 Å². The van der Waals surface area contributed by atoms with Crippen LogP contribution >= 0.6 is 19.4 Å². The van der Waals surface area contributed by atoms with Crippen molar-refractivity contribution in [2.45, 2.75) is 0 Å². The summed E-state index contributed by atoms with van der Waals surface area (Å²) in [6.45, 7) is 1.99. The van der Waals surface area contributed by atoms with Crippen LogP contribution in [0.4, 0.5) is 11.4 Å². The monoisotopic (exact) mass is 427 g/mol. The zero-order valence-corrected chi connectivity index (χ0v) is 18.8. The van der Waals surface area contributed by atoms with Crippen LogP contribution in [-0.4, -0.2) is 54.1 Å². The van der Waals surface area contributed by atoms with E-state index < -0.39 is 15.1 Å². The average molecular weight is 430 g/mol. The third-order valence-electron chi connectivity index (χ3n) is 3.58. The molecule has 1 aliphatic heterocycles. The van der Waals surface area contributed by atoms with Gasteiger partial charge in [0, 0.05) is 33.4 Å². The van der Waals surface area contributed by atoms with Gasteiger partial charge in [-0.3, -0.25) is 9.98 Å². The van der Waals surface area contributed by atoms with Crippen LogP contribution in [0.2, 0.25) is 0 Å². The molecule has 5 nitrogen and oxygen atoms in total. The van der Waals surface area contributed by atoms with Crippen LogP contribution in [-0.2, 0) is 15.1 Å². The van der Waals surface area contributed by atoms with Gasteiger partial charge in [-0.2, -0.15) is 0 Å². The number of halogens is 2. The Morgan fingerprint density at radius 3 is 2.20 bits per heavy atom. The first kappa shape index (κ1) is 19.8. The quantitative estimate of drug-likeness (QED) is 0.546. The molecule has 3 rings (SSSR count). The molecule has 0 bridgehead atoms. The van der Waals surface area contributed by atoms with Gasteiger partial charge >= 0.3 is 34.5 Å². The van der Waals surface area contributed by atoms with Crippen molar-refractivity contribution in [3.05, 3.63) is 54.4 Å². The minimum absolute atomic E-state index is 0.833. The maximum atomic E-state index is 4.95. The van der Waals surface area contributed by atoms with E-state index in [9.17, 15) is 0 Å². The summed E-state index contributed by atoms with van der Waals surface area (Å²) in [6.07, 6.45) is 3.52. The summed E-state index contributed by atoms with van der Waals surface area (Å²) in [5.41, 5.74) is 2.54. The number of likely N-dealkylation sites (N-methyl/N-ethyl adjacent to an activating group) is 2. The molecule has 0 atom stereocenters. The number of aliphatic imine (C=N–C) groups is 2. The Morgan fingerprint density at radius 2 is 1.60 bits per heavy atom. The van der Waals surface area contributed by atoms with Crippen LogP contribution in [0.25, 0.3) is 0 Å². The van der Waals surface area contributed by atoms with Crippen LogP contribution in [0.3, 0.4) is 0 Å². The number of benzene rings is 1. The Balaban J connectivity index is 0.000000701. The van der Waals surface area contributed by atoms with Crippen molar-refractivity contribution in [2.24, 2.45) is 9.98 Å². The molecule has 25 heavy (non-hydrogen) atoms. The van der Waals surface area contributed by atoms with Crippen LogP contribution in [0.5, 0.6) is 0 Å². The molecule has 0 saturated carbocycles. The van der Waals surface area contributed by atoms with Gasteiger partial charge in [0.1, 0.15) is 0 Å². The summed E-state index contributed by atoms with van der Waals surface area (Å²) < 4.78 is 0. The minimum atomic E-state index is -0.931. The second kappa shape index (κ2) is 10.5. The molecule has 1 aromatic heterocycles. The third-order valence-corrected chi connectivity index (χ3v) is 3.58. The van der Waals surface area contributed by atoms with Crippen molar-refractivity contribution >= 4 is 42.9 Å². The van der Waals surface area contributed by atoms with Crippen molar-refractivity contribution in [3.8, 4) is 0 Å². The Labute approximate surface area is 164 Å². The maximum absolute atomic E-state index is 4.95. The van der Waals surface area contributed by atoms with Gasteiger partial charge in [-0.05, 0) is 24.3 Å². The van der Waals surface area contributed by atoms with Crippen molar-refractivity contribution in [1.82, 2.24) is 14.8 Å². The van der Waals surface area contributed by atoms with Gasteiger partial charge in [0.2, 0.25) is 5.96 Å². The van der Waals surface area contributed by atoms with Gasteiger partial charge < -0.3 is 9.80 Å². The Morgan fingerprint density at radius 1 is 1.00 bits per heavy atom. The van der Waals surface area contributed by atoms with E-state index in [0.717, 1.165) is 36.1 Å². The molecule has 1 fully saturated rings. The number of nitrogens with zero attached hydrogens (tertiary/aromatic N) is 5. The fraction of sp³-hybridized carbons (Fsp3) is 0.235. The zero-order valence-electron chi connectivity index (χ0n) is 14.3. The fourth-order valence-electron chi connectivity index (χ4n) is 2.33. The molecule has 2 heterocycles. The van der Waals surface area contributed by atoms with Crippen molar-refractivity contribution < 1.29 is 15.1 Å². The number of aromatic nitrogens is 1. The van der Waals surface area contributed by atoms with Gasteiger partial charge in [-0.1, -0.05) is 18.2 Å². The predicted molar refractivity (Wildman–Crippen MR) is 102 cm³/mol. The summed E-state index contributed by atoms with van der Waals surface area (Å²) in [5, 5.41) is 0. The molecule has 0 aliphatic carbocycles.